The van der Waals surface area contributed by atoms with Crippen molar-refractivity contribution in [3.8, 4) is 0 Å². The van der Waals surface area contributed by atoms with Gasteiger partial charge in [-0.05, 0) is 43.5 Å². The standard InChI is InChI=1S/C12H17NO/c1-12(2,14)11-5-3-4-9-8-13-7-6-10(9)11/h3-5,13-14H,6-8H2,1-2H3. The van der Waals surface area contributed by atoms with Crippen molar-refractivity contribution < 1.29 is 5.11 Å². The minimum absolute atomic E-state index is 0.720. The van der Waals surface area contributed by atoms with Gasteiger partial charge in [-0.1, -0.05) is 18.2 Å². The molecule has 0 aliphatic carbocycles. The maximum atomic E-state index is 10.0. The molecule has 0 saturated carbocycles. The molecular weight excluding hydrogens is 174 g/mol. The molecule has 1 aromatic carbocycles. The second-order valence-electron chi connectivity index (χ2n) is 4.43. The minimum atomic E-state index is -0.720. The first kappa shape index (κ1) is 9.69. The van der Waals surface area contributed by atoms with Gasteiger partial charge in [-0.2, -0.15) is 0 Å². The van der Waals surface area contributed by atoms with E-state index in [1.807, 2.05) is 26.0 Å². The molecule has 1 aromatic rings. The van der Waals surface area contributed by atoms with Gasteiger partial charge in [-0.3, -0.25) is 0 Å². The third kappa shape index (κ3) is 1.68. The van der Waals surface area contributed by atoms with Gasteiger partial charge in [0.15, 0.2) is 0 Å². The second-order valence-corrected chi connectivity index (χ2v) is 4.43. The zero-order valence-corrected chi connectivity index (χ0v) is 8.80. The summed E-state index contributed by atoms with van der Waals surface area (Å²) in [5.41, 5.74) is 3.02. The van der Waals surface area contributed by atoms with Gasteiger partial charge in [0.2, 0.25) is 0 Å². The van der Waals surface area contributed by atoms with Crippen LogP contribution in [0.5, 0.6) is 0 Å². The quantitative estimate of drug-likeness (QED) is 0.706. The number of nitrogens with one attached hydrogen (secondary N) is 1. The molecule has 2 rings (SSSR count). The zero-order chi connectivity index (χ0) is 10.2. The van der Waals surface area contributed by atoms with Gasteiger partial charge < -0.3 is 10.4 Å². The third-order valence-electron chi connectivity index (χ3n) is 2.80. The van der Waals surface area contributed by atoms with Crippen molar-refractivity contribution in [3.05, 3.63) is 34.9 Å². The van der Waals surface area contributed by atoms with Crippen molar-refractivity contribution in [1.82, 2.24) is 5.32 Å². The van der Waals surface area contributed by atoms with Crippen molar-refractivity contribution >= 4 is 0 Å². The first-order valence-corrected chi connectivity index (χ1v) is 5.13. The summed E-state index contributed by atoms with van der Waals surface area (Å²) in [6, 6.07) is 6.19. The van der Waals surface area contributed by atoms with Crippen molar-refractivity contribution in [2.24, 2.45) is 0 Å². The fraction of sp³-hybridized carbons (Fsp3) is 0.500. The molecule has 76 valence electrons. The van der Waals surface area contributed by atoms with E-state index in [9.17, 15) is 5.11 Å². The summed E-state index contributed by atoms with van der Waals surface area (Å²) < 4.78 is 0. The summed E-state index contributed by atoms with van der Waals surface area (Å²) >= 11 is 0. The van der Waals surface area contributed by atoms with E-state index in [-0.39, 0.29) is 0 Å². The molecule has 0 spiro atoms. The number of hydrogen-bond donors (Lipinski definition) is 2. The number of benzene rings is 1. The van der Waals surface area contributed by atoms with Crippen molar-refractivity contribution in [3.63, 3.8) is 0 Å². The first-order chi connectivity index (χ1) is 6.59. The first-order valence-electron chi connectivity index (χ1n) is 5.13. The summed E-state index contributed by atoms with van der Waals surface area (Å²) in [7, 11) is 0. The van der Waals surface area contributed by atoms with Gasteiger partial charge in [-0.25, -0.2) is 0 Å². The minimum Gasteiger partial charge on any atom is -0.386 e. The Morgan fingerprint density at radius 2 is 2.14 bits per heavy atom. The Hall–Kier alpha value is -0.860. The Bertz CT molecular complexity index is 339. The Morgan fingerprint density at radius 3 is 2.86 bits per heavy atom. The highest BCUT2D eigenvalue weighted by atomic mass is 16.3. The molecule has 0 saturated heterocycles. The van der Waals surface area contributed by atoms with Gasteiger partial charge in [0.05, 0.1) is 5.60 Å². The van der Waals surface area contributed by atoms with E-state index in [2.05, 4.69) is 11.4 Å². The van der Waals surface area contributed by atoms with Crippen LogP contribution in [0.1, 0.15) is 30.5 Å². The molecule has 14 heavy (non-hydrogen) atoms. The largest absolute Gasteiger partial charge is 0.386 e. The average Bonchev–Trinajstić information content (AvgIpc) is 2.15. The summed E-state index contributed by atoms with van der Waals surface area (Å²) in [4.78, 5) is 0. The highest BCUT2D eigenvalue weighted by molar-refractivity contribution is 5.39. The van der Waals surface area contributed by atoms with Crippen LogP contribution in [0.3, 0.4) is 0 Å². The topological polar surface area (TPSA) is 32.3 Å². The fourth-order valence-electron chi connectivity index (χ4n) is 2.11. The zero-order valence-electron chi connectivity index (χ0n) is 8.80. The molecule has 0 aromatic heterocycles. The maximum absolute atomic E-state index is 10.0. The monoisotopic (exact) mass is 191 g/mol. The normalized spacial score (nSPS) is 16.5. The van der Waals surface area contributed by atoms with Crippen LogP contribution < -0.4 is 5.32 Å². The lowest BCUT2D eigenvalue weighted by Gasteiger charge is -2.26. The molecule has 1 heterocycles. The molecule has 0 radical (unpaired) electrons. The molecular formula is C12H17NO. The van der Waals surface area contributed by atoms with Gasteiger partial charge in [0.1, 0.15) is 0 Å². The molecule has 0 unspecified atom stereocenters. The van der Waals surface area contributed by atoms with Crippen LogP contribution in [-0.4, -0.2) is 11.7 Å². The predicted octanol–water partition coefficient (Wildman–Crippen LogP) is 1.56. The van der Waals surface area contributed by atoms with E-state index in [1.54, 1.807) is 0 Å². The molecule has 2 N–H and O–H groups in total. The van der Waals surface area contributed by atoms with Crippen molar-refractivity contribution in [2.75, 3.05) is 6.54 Å². The molecule has 0 bridgehead atoms. The van der Waals surface area contributed by atoms with Crippen molar-refractivity contribution in [1.29, 1.82) is 0 Å². The van der Waals surface area contributed by atoms with Crippen LogP contribution in [0.15, 0.2) is 18.2 Å². The number of fused-ring (bicyclic) bond motifs is 1. The van der Waals surface area contributed by atoms with E-state index in [4.69, 9.17) is 0 Å². The number of hydrogen-bond acceptors (Lipinski definition) is 2. The van der Waals surface area contributed by atoms with Crippen LogP contribution in [0.25, 0.3) is 0 Å². The molecule has 0 atom stereocenters. The maximum Gasteiger partial charge on any atom is 0.0843 e. The highest BCUT2D eigenvalue weighted by Gasteiger charge is 2.22. The Balaban J connectivity index is 2.51. The lowest BCUT2D eigenvalue weighted by Crippen LogP contribution is -2.28. The van der Waals surface area contributed by atoms with E-state index < -0.39 is 5.60 Å². The number of rotatable bonds is 1. The summed E-state index contributed by atoms with van der Waals surface area (Å²) in [5, 5.41) is 13.4. The van der Waals surface area contributed by atoms with E-state index in [1.165, 1.54) is 11.1 Å². The van der Waals surface area contributed by atoms with Crippen LogP contribution in [0.4, 0.5) is 0 Å². The Labute approximate surface area is 85.0 Å². The fourth-order valence-corrected chi connectivity index (χ4v) is 2.11. The predicted molar refractivity (Wildman–Crippen MR) is 57.1 cm³/mol. The van der Waals surface area contributed by atoms with Crippen LogP contribution in [-0.2, 0) is 18.6 Å². The van der Waals surface area contributed by atoms with Gasteiger partial charge in [0, 0.05) is 6.54 Å². The van der Waals surface area contributed by atoms with Crippen LogP contribution in [0, 0.1) is 0 Å². The van der Waals surface area contributed by atoms with Crippen LogP contribution >= 0.6 is 0 Å². The van der Waals surface area contributed by atoms with E-state index >= 15 is 0 Å². The molecule has 2 heteroatoms. The Kier molecular flexibility index (Phi) is 2.33. The third-order valence-corrected chi connectivity index (χ3v) is 2.80. The molecule has 1 aliphatic rings. The molecule has 0 amide bonds. The Morgan fingerprint density at radius 1 is 1.36 bits per heavy atom. The van der Waals surface area contributed by atoms with E-state index in [0.717, 1.165) is 25.1 Å². The highest BCUT2D eigenvalue weighted by Crippen LogP contribution is 2.27. The lowest BCUT2D eigenvalue weighted by molar-refractivity contribution is 0.0773. The average molecular weight is 191 g/mol. The SMILES string of the molecule is CC(C)(O)c1cccc2c1CCNC2. The molecule has 0 fully saturated rings. The summed E-state index contributed by atoms with van der Waals surface area (Å²) in [6.45, 7) is 5.65. The molecule has 1 aliphatic heterocycles. The van der Waals surface area contributed by atoms with Crippen LogP contribution in [0.2, 0.25) is 0 Å². The number of aliphatic hydroxyl groups is 1. The summed E-state index contributed by atoms with van der Waals surface area (Å²) in [6.07, 6.45) is 1.02. The molecule has 2 nitrogen and oxygen atoms in total. The van der Waals surface area contributed by atoms with Gasteiger partial charge in [-0.15, -0.1) is 0 Å². The van der Waals surface area contributed by atoms with Crippen molar-refractivity contribution in [2.45, 2.75) is 32.4 Å². The smallest absolute Gasteiger partial charge is 0.0843 e. The second kappa shape index (κ2) is 3.37. The van der Waals surface area contributed by atoms with Gasteiger partial charge in [0.25, 0.3) is 0 Å². The summed E-state index contributed by atoms with van der Waals surface area (Å²) in [5.74, 6) is 0. The van der Waals surface area contributed by atoms with E-state index in [0.29, 0.717) is 0 Å². The van der Waals surface area contributed by atoms with Gasteiger partial charge >= 0.3 is 0 Å². The lowest BCUT2D eigenvalue weighted by atomic mass is 9.87.